The third-order valence-electron chi connectivity index (χ3n) is 6.89. The maximum atomic E-state index is 13.3. The van der Waals surface area contributed by atoms with Gasteiger partial charge in [-0.3, -0.25) is 14.9 Å². The Kier molecular flexibility index (Phi) is 5.70. The van der Waals surface area contributed by atoms with Gasteiger partial charge in [-0.1, -0.05) is 18.2 Å². The highest BCUT2D eigenvalue weighted by Crippen LogP contribution is 2.38. The van der Waals surface area contributed by atoms with E-state index >= 15 is 0 Å². The minimum atomic E-state index is -0.369. The second-order valence-electron chi connectivity index (χ2n) is 8.80. The molecule has 2 fully saturated rings. The molecule has 32 heavy (non-hydrogen) atoms. The number of benzene rings is 2. The summed E-state index contributed by atoms with van der Waals surface area (Å²) in [4.78, 5) is 28.9. The smallest absolute Gasteiger partial charge is 0.269 e. The van der Waals surface area contributed by atoms with Gasteiger partial charge in [0.15, 0.2) is 0 Å². The Bertz CT molecular complexity index is 993. The third-order valence-corrected chi connectivity index (χ3v) is 6.89. The summed E-state index contributed by atoms with van der Waals surface area (Å²) < 4.78 is 5.66. The first-order chi connectivity index (χ1) is 15.6. The number of hydrogen-bond donors (Lipinski definition) is 1. The topological polar surface area (TPSA) is 87.9 Å². The number of para-hydroxylation sites is 1. The van der Waals surface area contributed by atoms with Crippen molar-refractivity contribution in [2.75, 3.05) is 42.6 Å². The maximum Gasteiger partial charge on any atom is 0.269 e. The lowest BCUT2D eigenvalue weighted by molar-refractivity contribution is -0.384. The van der Waals surface area contributed by atoms with Crippen molar-refractivity contribution in [3.05, 3.63) is 64.2 Å². The van der Waals surface area contributed by atoms with Crippen LogP contribution in [-0.2, 0) is 16.0 Å². The molecule has 8 heteroatoms. The predicted molar refractivity (Wildman–Crippen MR) is 122 cm³/mol. The van der Waals surface area contributed by atoms with E-state index in [4.69, 9.17) is 4.74 Å². The summed E-state index contributed by atoms with van der Waals surface area (Å²) >= 11 is 0. The van der Waals surface area contributed by atoms with E-state index in [1.807, 2.05) is 24.3 Å². The van der Waals surface area contributed by atoms with Gasteiger partial charge in [0.1, 0.15) is 0 Å². The molecule has 0 aliphatic carbocycles. The van der Waals surface area contributed by atoms with E-state index in [1.165, 1.54) is 0 Å². The Labute approximate surface area is 187 Å². The first-order valence-corrected chi connectivity index (χ1v) is 11.3. The first-order valence-electron chi connectivity index (χ1n) is 11.3. The average Bonchev–Trinajstić information content (AvgIpc) is 3.35. The zero-order valence-electron chi connectivity index (χ0n) is 18.0. The highest BCUT2D eigenvalue weighted by molar-refractivity contribution is 5.82. The number of anilines is 2. The van der Waals surface area contributed by atoms with E-state index in [-0.39, 0.29) is 34.6 Å². The van der Waals surface area contributed by atoms with Gasteiger partial charge >= 0.3 is 0 Å². The number of nitro benzene ring substituents is 1. The van der Waals surface area contributed by atoms with Crippen LogP contribution in [0.5, 0.6) is 0 Å². The zero-order valence-corrected chi connectivity index (χ0v) is 18.0. The first kappa shape index (κ1) is 20.8. The molecule has 0 bridgehead atoms. The van der Waals surface area contributed by atoms with Gasteiger partial charge in [0.25, 0.3) is 5.69 Å². The fourth-order valence-corrected chi connectivity index (χ4v) is 5.25. The number of ether oxygens (including phenoxy) is 1. The lowest BCUT2D eigenvalue weighted by Crippen LogP contribution is -2.61. The van der Waals surface area contributed by atoms with Crippen LogP contribution < -0.4 is 15.1 Å². The van der Waals surface area contributed by atoms with Crippen LogP contribution in [0.2, 0.25) is 0 Å². The second kappa shape index (κ2) is 8.78. The number of carbonyl (C=O) groups is 1. The van der Waals surface area contributed by atoms with Gasteiger partial charge in [0.05, 0.1) is 23.0 Å². The van der Waals surface area contributed by atoms with Gasteiger partial charge in [0, 0.05) is 56.3 Å². The summed E-state index contributed by atoms with van der Waals surface area (Å²) in [6.45, 7) is 3.61. The summed E-state index contributed by atoms with van der Waals surface area (Å²) in [5.41, 5.74) is 3.11. The van der Waals surface area contributed by atoms with Crippen molar-refractivity contribution in [2.24, 2.45) is 5.92 Å². The van der Waals surface area contributed by atoms with Gasteiger partial charge < -0.3 is 19.9 Å². The number of nitrogens with one attached hydrogen (secondary N) is 1. The Morgan fingerprint density at radius 3 is 2.78 bits per heavy atom. The van der Waals surface area contributed by atoms with Crippen LogP contribution in [0.1, 0.15) is 18.4 Å². The van der Waals surface area contributed by atoms with Gasteiger partial charge in [0.2, 0.25) is 5.91 Å². The molecule has 3 atom stereocenters. The lowest BCUT2D eigenvalue weighted by atomic mass is 9.83. The van der Waals surface area contributed by atoms with Crippen LogP contribution in [0, 0.1) is 16.0 Å². The molecule has 3 unspecified atom stereocenters. The van der Waals surface area contributed by atoms with Crippen molar-refractivity contribution in [3.63, 3.8) is 0 Å². The molecule has 2 aromatic carbocycles. The molecule has 0 saturated carbocycles. The quantitative estimate of drug-likeness (QED) is 0.573. The van der Waals surface area contributed by atoms with Gasteiger partial charge in [-0.2, -0.15) is 0 Å². The average molecular weight is 437 g/mol. The number of nitrogens with zero attached hydrogens (tertiary/aromatic N) is 3. The van der Waals surface area contributed by atoms with Crippen molar-refractivity contribution in [2.45, 2.75) is 31.4 Å². The fourth-order valence-electron chi connectivity index (χ4n) is 5.25. The van der Waals surface area contributed by atoms with Crippen LogP contribution in [0.4, 0.5) is 17.1 Å². The van der Waals surface area contributed by atoms with Crippen molar-refractivity contribution in [3.8, 4) is 0 Å². The summed E-state index contributed by atoms with van der Waals surface area (Å²) in [6, 6.07) is 15.3. The van der Waals surface area contributed by atoms with Gasteiger partial charge in [-0.05, 0) is 43.0 Å². The number of piperazine rings is 1. The minimum Gasteiger partial charge on any atom is -0.376 e. The number of hydrogen-bond acceptors (Lipinski definition) is 6. The van der Waals surface area contributed by atoms with E-state index in [0.29, 0.717) is 13.0 Å². The molecule has 1 amide bonds. The molecule has 0 spiro atoms. The van der Waals surface area contributed by atoms with Crippen molar-refractivity contribution < 1.29 is 14.5 Å². The minimum absolute atomic E-state index is 0.00223. The van der Waals surface area contributed by atoms with Gasteiger partial charge in [-0.25, -0.2) is 0 Å². The Balaban J connectivity index is 1.42. The van der Waals surface area contributed by atoms with Crippen molar-refractivity contribution >= 4 is 23.0 Å². The lowest BCUT2D eigenvalue weighted by Gasteiger charge is -2.49. The predicted octanol–water partition coefficient (Wildman–Crippen LogP) is 2.76. The Hall–Kier alpha value is -3.13. The van der Waals surface area contributed by atoms with Crippen LogP contribution >= 0.6 is 0 Å². The van der Waals surface area contributed by atoms with Crippen LogP contribution in [0.15, 0.2) is 48.5 Å². The van der Waals surface area contributed by atoms with Crippen LogP contribution in [0.25, 0.3) is 0 Å². The monoisotopic (exact) mass is 436 g/mol. The standard InChI is InChI=1S/C24H28N4O4/c29-24(25-15-20-7-4-12-32-20)21-14-17-13-19(28(30)31)8-9-22(17)27-11-10-26(16-23(21)27)18-5-2-1-3-6-18/h1-3,5-6,8-9,13,20-21,23H,4,7,10-12,14-16H2,(H,25,29). The highest BCUT2D eigenvalue weighted by Gasteiger charge is 2.42. The second-order valence-corrected chi connectivity index (χ2v) is 8.80. The molecular weight excluding hydrogens is 408 g/mol. The van der Waals surface area contributed by atoms with E-state index in [2.05, 4.69) is 27.2 Å². The molecule has 0 aromatic heterocycles. The molecule has 3 aliphatic rings. The molecular formula is C24H28N4O4. The molecule has 3 aliphatic heterocycles. The fraction of sp³-hybridized carbons (Fsp3) is 0.458. The molecule has 2 saturated heterocycles. The summed E-state index contributed by atoms with van der Waals surface area (Å²) in [5, 5.41) is 14.4. The van der Waals surface area contributed by atoms with Gasteiger partial charge in [-0.15, -0.1) is 0 Å². The van der Waals surface area contributed by atoms with Crippen LogP contribution in [0.3, 0.4) is 0 Å². The zero-order chi connectivity index (χ0) is 22.1. The molecule has 168 valence electrons. The van der Waals surface area contributed by atoms with E-state index in [9.17, 15) is 14.9 Å². The molecule has 1 N–H and O–H groups in total. The van der Waals surface area contributed by atoms with Crippen molar-refractivity contribution in [1.29, 1.82) is 0 Å². The Morgan fingerprint density at radius 2 is 2.03 bits per heavy atom. The number of carbonyl (C=O) groups excluding carboxylic acids is 1. The SMILES string of the molecule is O=C(NCC1CCCO1)C1Cc2cc([N+](=O)[O-])ccc2N2CCN(c3ccccc3)CC12. The largest absolute Gasteiger partial charge is 0.376 e. The summed E-state index contributed by atoms with van der Waals surface area (Å²) in [5.74, 6) is -0.278. The third kappa shape index (κ3) is 4.02. The molecule has 2 aromatic rings. The molecule has 8 nitrogen and oxygen atoms in total. The normalized spacial score (nSPS) is 24.6. The number of rotatable bonds is 5. The number of amides is 1. The summed E-state index contributed by atoms with van der Waals surface area (Å²) in [6.07, 6.45) is 2.58. The summed E-state index contributed by atoms with van der Waals surface area (Å²) in [7, 11) is 0. The van der Waals surface area contributed by atoms with Crippen molar-refractivity contribution in [1.82, 2.24) is 5.32 Å². The number of non-ortho nitro benzene ring substituents is 1. The van der Waals surface area contributed by atoms with E-state index in [0.717, 1.165) is 56.0 Å². The highest BCUT2D eigenvalue weighted by atomic mass is 16.6. The Morgan fingerprint density at radius 1 is 1.19 bits per heavy atom. The molecule has 3 heterocycles. The number of nitro groups is 1. The number of fused-ring (bicyclic) bond motifs is 3. The van der Waals surface area contributed by atoms with Crippen LogP contribution in [-0.4, -0.2) is 55.8 Å². The molecule has 5 rings (SSSR count). The van der Waals surface area contributed by atoms with E-state index in [1.54, 1.807) is 12.1 Å². The maximum absolute atomic E-state index is 13.3. The van der Waals surface area contributed by atoms with E-state index < -0.39 is 0 Å². The molecule has 0 radical (unpaired) electrons.